The van der Waals surface area contributed by atoms with Gasteiger partial charge >= 0.3 is 0 Å². The molecule has 0 atom stereocenters. The van der Waals surface area contributed by atoms with Crippen LogP contribution in [0.2, 0.25) is 0 Å². The van der Waals surface area contributed by atoms with Crippen LogP contribution in [0.3, 0.4) is 0 Å². The minimum atomic E-state index is -0.254. The van der Waals surface area contributed by atoms with Gasteiger partial charge in [-0.2, -0.15) is 0 Å². The number of ether oxygens (including phenoxy) is 2. The second kappa shape index (κ2) is 11.1. The smallest absolute Gasteiger partial charge is 0.251 e. The summed E-state index contributed by atoms with van der Waals surface area (Å²) in [7, 11) is 0. The standard InChI is InChI=1S/C23H30N2O4/c1-5-28-20-10-8-18(14-21(20)29-6-2)11-12-24-22(26)15-25-23(27)19-9-7-16(3)17(4)13-19/h7-10,13-14H,5-6,11-12,15H2,1-4H3,(H,24,26)(H,25,27). The third-order valence-electron chi connectivity index (χ3n) is 4.52. The van der Waals surface area contributed by atoms with Gasteiger partial charge in [-0.15, -0.1) is 0 Å². The van der Waals surface area contributed by atoms with E-state index in [1.807, 2.05) is 58.0 Å². The SMILES string of the molecule is CCOc1ccc(CCNC(=O)CNC(=O)c2ccc(C)c(C)c2)cc1OCC. The Morgan fingerprint density at radius 1 is 0.862 bits per heavy atom. The van der Waals surface area contributed by atoms with Gasteiger partial charge in [0.2, 0.25) is 5.91 Å². The molecule has 0 aliphatic rings. The first kappa shape index (κ1) is 22.3. The average molecular weight is 399 g/mol. The van der Waals surface area contributed by atoms with Gasteiger partial charge in [-0.1, -0.05) is 12.1 Å². The van der Waals surface area contributed by atoms with Crippen LogP contribution in [0.25, 0.3) is 0 Å². The summed E-state index contributed by atoms with van der Waals surface area (Å²) in [5, 5.41) is 5.48. The van der Waals surface area contributed by atoms with Crippen molar-refractivity contribution in [3.05, 3.63) is 58.7 Å². The number of carbonyl (C=O) groups is 2. The summed E-state index contributed by atoms with van der Waals surface area (Å²) in [6.45, 7) is 9.34. The lowest BCUT2D eigenvalue weighted by atomic mass is 10.1. The third kappa shape index (κ3) is 6.82. The van der Waals surface area contributed by atoms with Crippen molar-refractivity contribution in [1.82, 2.24) is 10.6 Å². The Morgan fingerprint density at radius 2 is 1.59 bits per heavy atom. The first-order valence-electron chi connectivity index (χ1n) is 9.95. The van der Waals surface area contributed by atoms with E-state index in [-0.39, 0.29) is 18.4 Å². The Labute approximate surface area is 172 Å². The van der Waals surface area contributed by atoms with Crippen LogP contribution < -0.4 is 20.1 Å². The maximum absolute atomic E-state index is 12.2. The fraction of sp³-hybridized carbons (Fsp3) is 0.391. The van der Waals surface area contributed by atoms with Crippen molar-refractivity contribution in [1.29, 1.82) is 0 Å². The van der Waals surface area contributed by atoms with Crippen LogP contribution in [0.4, 0.5) is 0 Å². The molecule has 2 amide bonds. The molecule has 0 fully saturated rings. The zero-order valence-electron chi connectivity index (χ0n) is 17.6. The first-order chi connectivity index (χ1) is 13.9. The third-order valence-corrected chi connectivity index (χ3v) is 4.52. The highest BCUT2D eigenvalue weighted by molar-refractivity contribution is 5.96. The maximum atomic E-state index is 12.2. The van der Waals surface area contributed by atoms with E-state index < -0.39 is 0 Å². The van der Waals surface area contributed by atoms with Crippen molar-refractivity contribution in [2.75, 3.05) is 26.3 Å². The Kier molecular flexibility index (Phi) is 8.52. The van der Waals surface area contributed by atoms with Gasteiger partial charge in [0.15, 0.2) is 11.5 Å². The van der Waals surface area contributed by atoms with Crippen molar-refractivity contribution in [3.63, 3.8) is 0 Å². The largest absolute Gasteiger partial charge is 0.490 e. The summed E-state index contributed by atoms with van der Waals surface area (Å²) < 4.78 is 11.2. The van der Waals surface area contributed by atoms with E-state index in [1.54, 1.807) is 6.07 Å². The molecule has 0 aliphatic carbocycles. The van der Waals surface area contributed by atoms with E-state index in [4.69, 9.17) is 9.47 Å². The minimum Gasteiger partial charge on any atom is -0.490 e. The summed E-state index contributed by atoms with van der Waals surface area (Å²) in [5.74, 6) is 0.948. The van der Waals surface area contributed by atoms with E-state index in [1.165, 1.54) is 0 Å². The molecule has 6 nitrogen and oxygen atoms in total. The molecule has 0 heterocycles. The molecule has 2 rings (SSSR count). The molecule has 2 aromatic carbocycles. The highest BCUT2D eigenvalue weighted by Gasteiger charge is 2.10. The highest BCUT2D eigenvalue weighted by Crippen LogP contribution is 2.28. The predicted molar refractivity (Wildman–Crippen MR) is 114 cm³/mol. The monoisotopic (exact) mass is 398 g/mol. The lowest BCUT2D eigenvalue weighted by Crippen LogP contribution is -2.37. The number of hydrogen-bond donors (Lipinski definition) is 2. The number of carbonyl (C=O) groups excluding carboxylic acids is 2. The van der Waals surface area contributed by atoms with Crippen molar-refractivity contribution >= 4 is 11.8 Å². The van der Waals surface area contributed by atoms with Gasteiger partial charge in [0, 0.05) is 12.1 Å². The van der Waals surface area contributed by atoms with Crippen LogP contribution in [-0.2, 0) is 11.2 Å². The second-order valence-electron chi connectivity index (χ2n) is 6.73. The Balaban J connectivity index is 1.79. The van der Waals surface area contributed by atoms with Gasteiger partial charge in [-0.05, 0) is 75.1 Å². The molecule has 0 saturated heterocycles. The number of amides is 2. The summed E-state index contributed by atoms with van der Waals surface area (Å²) in [6, 6.07) is 11.3. The summed E-state index contributed by atoms with van der Waals surface area (Å²) >= 11 is 0. The van der Waals surface area contributed by atoms with Crippen LogP contribution in [0.15, 0.2) is 36.4 Å². The lowest BCUT2D eigenvalue weighted by Gasteiger charge is -2.13. The molecule has 0 saturated carbocycles. The predicted octanol–water partition coefficient (Wildman–Crippen LogP) is 3.19. The fourth-order valence-electron chi connectivity index (χ4n) is 2.81. The van der Waals surface area contributed by atoms with Crippen molar-refractivity contribution < 1.29 is 19.1 Å². The highest BCUT2D eigenvalue weighted by atomic mass is 16.5. The van der Waals surface area contributed by atoms with E-state index in [9.17, 15) is 9.59 Å². The Morgan fingerprint density at radius 3 is 2.28 bits per heavy atom. The second-order valence-corrected chi connectivity index (χ2v) is 6.73. The van der Waals surface area contributed by atoms with Crippen LogP contribution in [0, 0.1) is 13.8 Å². The lowest BCUT2D eigenvalue weighted by molar-refractivity contribution is -0.120. The van der Waals surface area contributed by atoms with E-state index >= 15 is 0 Å². The normalized spacial score (nSPS) is 10.3. The maximum Gasteiger partial charge on any atom is 0.251 e. The van der Waals surface area contributed by atoms with Crippen LogP contribution in [0.5, 0.6) is 11.5 Å². The molecule has 2 N–H and O–H groups in total. The fourth-order valence-corrected chi connectivity index (χ4v) is 2.81. The van der Waals surface area contributed by atoms with E-state index in [0.717, 1.165) is 22.4 Å². The molecule has 0 aromatic heterocycles. The minimum absolute atomic E-state index is 0.0563. The molecule has 0 radical (unpaired) electrons. The van der Waals surface area contributed by atoms with Crippen molar-refractivity contribution in [2.24, 2.45) is 0 Å². The van der Waals surface area contributed by atoms with Gasteiger partial charge in [0.1, 0.15) is 0 Å². The molecule has 29 heavy (non-hydrogen) atoms. The van der Waals surface area contributed by atoms with Gasteiger partial charge in [-0.25, -0.2) is 0 Å². The Hall–Kier alpha value is -3.02. The van der Waals surface area contributed by atoms with Crippen molar-refractivity contribution in [2.45, 2.75) is 34.1 Å². The van der Waals surface area contributed by atoms with Crippen LogP contribution in [-0.4, -0.2) is 38.1 Å². The summed E-state index contributed by atoms with van der Waals surface area (Å²) in [4.78, 5) is 24.2. The molecular weight excluding hydrogens is 368 g/mol. The number of aryl methyl sites for hydroxylation is 2. The molecule has 156 valence electrons. The molecule has 0 spiro atoms. The quantitative estimate of drug-likeness (QED) is 0.644. The van der Waals surface area contributed by atoms with Gasteiger partial charge in [0.25, 0.3) is 5.91 Å². The van der Waals surface area contributed by atoms with E-state index in [0.29, 0.717) is 37.5 Å². The number of nitrogens with one attached hydrogen (secondary N) is 2. The Bertz CT molecular complexity index is 849. The molecule has 0 unspecified atom stereocenters. The zero-order valence-corrected chi connectivity index (χ0v) is 17.6. The van der Waals surface area contributed by atoms with Gasteiger partial charge in [0.05, 0.1) is 19.8 Å². The number of benzene rings is 2. The van der Waals surface area contributed by atoms with Gasteiger partial charge in [-0.3, -0.25) is 9.59 Å². The number of hydrogen-bond acceptors (Lipinski definition) is 4. The van der Waals surface area contributed by atoms with Crippen LogP contribution >= 0.6 is 0 Å². The molecule has 2 aromatic rings. The van der Waals surface area contributed by atoms with E-state index in [2.05, 4.69) is 10.6 Å². The van der Waals surface area contributed by atoms with Gasteiger partial charge < -0.3 is 20.1 Å². The molecule has 6 heteroatoms. The first-order valence-corrected chi connectivity index (χ1v) is 9.95. The summed E-state index contributed by atoms with van der Waals surface area (Å²) in [5.41, 5.74) is 3.76. The summed E-state index contributed by atoms with van der Waals surface area (Å²) in [6.07, 6.45) is 0.656. The van der Waals surface area contributed by atoms with Crippen LogP contribution in [0.1, 0.15) is 40.9 Å². The average Bonchev–Trinajstić information content (AvgIpc) is 2.70. The molecular formula is C23H30N2O4. The zero-order chi connectivity index (χ0) is 21.2. The molecule has 0 aliphatic heterocycles. The topological polar surface area (TPSA) is 76.7 Å². The number of rotatable bonds is 10. The van der Waals surface area contributed by atoms with Crippen molar-refractivity contribution in [3.8, 4) is 11.5 Å². The molecule has 0 bridgehead atoms.